The van der Waals surface area contributed by atoms with Gasteiger partial charge >= 0.3 is 0 Å². The first-order valence-electron chi connectivity index (χ1n) is 7.41. The first-order chi connectivity index (χ1) is 8.62. The Morgan fingerprint density at radius 1 is 1.28 bits per heavy atom. The van der Waals surface area contributed by atoms with Crippen molar-refractivity contribution in [1.29, 1.82) is 0 Å². The highest BCUT2D eigenvalue weighted by molar-refractivity contribution is 5.11. The van der Waals surface area contributed by atoms with Gasteiger partial charge in [-0.1, -0.05) is 27.7 Å². The summed E-state index contributed by atoms with van der Waals surface area (Å²) in [5.41, 5.74) is 2.61. The first kappa shape index (κ1) is 15.2. The van der Waals surface area contributed by atoms with Crippen LogP contribution in [-0.2, 0) is 19.4 Å². The van der Waals surface area contributed by atoms with Crippen LogP contribution in [0.25, 0.3) is 0 Å². The predicted octanol–water partition coefficient (Wildman–Crippen LogP) is 3.03. The topological polar surface area (TPSA) is 29.9 Å². The van der Waals surface area contributed by atoms with Crippen molar-refractivity contribution in [1.82, 2.24) is 15.1 Å². The van der Waals surface area contributed by atoms with Crippen molar-refractivity contribution in [2.45, 2.75) is 66.5 Å². The van der Waals surface area contributed by atoms with Gasteiger partial charge in [0.2, 0.25) is 0 Å². The summed E-state index contributed by atoms with van der Waals surface area (Å²) < 4.78 is 2.15. The number of rotatable bonds is 8. The molecule has 0 saturated carbocycles. The predicted molar refractivity (Wildman–Crippen MR) is 77.9 cm³/mol. The van der Waals surface area contributed by atoms with Crippen molar-refractivity contribution >= 4 is 0 Å². The van der Waals surface area contributed by atoms with E-state index in [9.17, 15) is 0 Å². The highest BCUT2D eigenvalue weighted by atomic mass is 15.3. The van der Waals surface area contributed by atoms with Crippen molar-refractivity contribution in [2.75, 3.05) is 6.54 Å². The zero-order valence-corrected chi connectivity index (χ0v) is 12.7. The lowest BCUT2D eigenvalue weighted by molar-refractivity contribution is 0.381. The van der Waals surface area contributed by atoms with Crippen LogP contribution in [0.3, 0.4) is 0 Å². The van der Waals surface area contributed by atoms with Crippen LogP contribution in [0.15, 0.2) is 6.07 Å². The molecule has 3 heteroatoms. The zero-order chi connectivity index (χ0) is 13.5. The van der Waals surface area contributed by atoms with E-state index in [1.165, 1.54) is 17.8 Å². The summed E-state index contributed by atoms with van der Waals surface area (Å²) in [6.07, 6.45) is 3.35. The summed E-state index contributed by atoms with van der Waals surface area (Å²) in [6.45, 7) is 13.1. The lowest BCUT2D eigenvalue weighted by Gasteiger charge is -2.21. The van der Waals surface area contributed by atoms with Crippen molar-refractivity contribution in [3.05, 3.63) is 17.5 Å². The third-order valence-electron chi connectivity index (χ3n) is 3.56. The fourth-order valence-electron chi connectivity index (χ4n) is 2.40. The van der Waals surface area contributed by atoms with Crippen LogP contribution in [0.1, 0.15) is 52.4 Å². The van der Waals surface area contributed by atoms with Gasteiger partial charge in [-0.15, -0.1) is 0 Å². The second kappa shape index (κ2) is 7.57. The van der Waals surface area contributed by atoms with Gasteiger partial charge in [-0.05, 0) is 44.7 Å². The van der Waals surface area contributed by atoms with Gasteiger partial charge < -0.3 is 5.32 Å². The van der Waals surface area contributed by atoms with Crippen LogP contribution in [0.2, 0.25) is 0 Å². The van der Waals surface area contributed by atoms with Gasteiger partial charge in [0.25, 0.3) is 0 Å². The molecule has 3 nitrogen and oxygen atoms in total. The van der Waals surface area contributed by atoms with E-state index in [1.54, 1.807) is 0 Å². The third kappa shape index (κ3) is 4.13. The number of aryl methyl sites for hydroxylation is 3. The van der Waals surface area contributed by atoms with Crippen LogP contribution in [-0.4, -0.2) is 22.4 Å². The summed E-state index contributed by atoms with van der Waals surface area (Å²) in [7, 11) is 0. The number of hydrogen-bond donors (Lipinski definition) is 1. The summed E-state index contributed by atoms with van der Waals surface area (Å²) in [4.78, 5) is 0. The number of aromatic nitrogens is 2. The normalized spacial score (nSPS) is 13.2. The van der Waals surface area contributed by atoms with Crippen LogP contribution < -0.4 is 5.32 Å². The first-order valence-corrected chi connectivity index (χ1v) is 7.41. The number of hydrogen-bond acceptors (Lipinski definition) is 2. The summed E-state index contributed by atoms with van der Waals surface area (Å²) in [5, 5.41) is 8.19. The second-order valence-electron chi connectivity index (χ2n) is 5.24. The maximum atomic E-state index is 4.61. The zero-order valence-electron chi connectivity index (χ0n) is 12.7. The Kier molecular flexibility index (Phi) is 6.41. The van der Waals surface area contributed by atoms with E-state index in [1.807, 2.05) is 0 Å². The number of nitrogens with zero attached hydrogens (tertiary/aromatic N) is 2. The standard InChI is InChI=1S/C15H29N3/c1-6-13-11-14(18(8-3)17-13)9-10-15(12(4)5)16-7-2/h11-12,15-16H,6-10H2,1-5H3. The van der Waals surface area contributed by atoms with Gasteiger partial charge in [-0.3, -0.25) is 4.68 Å². The molecule has 1 unspecified atom stereocenters. The molecular formula is C15H29N3. The van der Waals surface area contributed by atoms with Gasteiger partial charge in [0, 0.05) is 18.3 Å². The van der Waals surface area contributed by atoms with Crippen LogP contribution in [0.4, 0.5) is 0 Å². The molecule has 0 fully saturated rings. The van der Waals surface area contributed by atoms with Gasteiger partial charge in [0.1, 0.15) is 0 Å². The van der Waals surface area contributed by atoms with Gasteiger partial charge in [-0.2, -0.15) is 5.10 Å². The maximum absolute atomic E-state index is 4.61. The molecule has 0 bridgehead atoms. The van der Waals surface area contributed by atoms with Crippen molar-refractivity contribution in [3.63, 3.8) is 0 Å². The van der Waals surface area contributed by atoms with E-state index in [0.717, 1.165) is 25.9 Å². The molecule has 0 aromatic carbocycles. The molecule has 18 heavy (non-hydrogen) atoms. The Labute approximate surface area is 112 Å². The molecule has 0 aliphatic carbocycles. The maximum Gasteiger partial charge on any atom is 0.0624 e. The largest absolute Gasteiger partial charge is 0.314 e. The van der Waals surface area contributed by atoms with E-state index in [4.69, 9.17) is 0 Å². The molecule has 1 heterocycles. The Balaban J connectivity index is 2.63. The van der Waals surface area contributed by atoms with Crippen LogP contribution in [0.5, 0.6) is 0 Å². The summed E-state index contributed by atoms with van der Waals surface area (Å²) in [5.74, 6) is 0.689. The molecule has 0 amide bonds. The Bertz CT molecular complexity index is 342. The van der Waals surface area contributed by atoms with Crippen LogP contribution in [0, 0.1) is 5.92 Å². The van der Waals surface area contributed by atoms with E-state index in [0.29, 0.717) is 12.0 Å². The fourth-order valence-corrected chi connectivity index (χ4v) is 2.40. The fraction of sp³-hybridized carbons (Fsp3) is 0.800. The van der Waals surface area contributed by atoms with Crippen LogP contribution >= 0.6 is 0 Å². The second-order valence-corrected chi connectivity index (χ2v) is 5.24. The molecule has 0 saturated heterocycles. The van der Waals surface area contributed by atoms with E-state index >= 15 is 0 Å². The molecule has 1 aromatic rings. The van der Waals surface area contributed by atoms with E-state index < -0.39 is 0 Å². The SMILES string of the molecule is CCNC(CCc1cc(CC)nn1CC)C(C)C. The highest BCUT2D eigenvalue weighted by Gasteiger charge is 2.13. The van der Waals surface area contributed by atoms with Gasteiger partial charge in [-0.25, -0.2) is 0 Å². The Morgan fingerprint density at radius 2 is 2.00 bits per heavy atom. The lowest BCUT2D eigenvalue weighted by atomic mass is 9.98. The lowest BCUT2D eigenvalue weighted by Crippen LogP contribution is -2.34. The van der Waals surface area contributed by atoms with Crippen molar-refractivity contribution in [2.24, 2.45) is 5.92 Å². The number of nitrogens with one attached hydrogen (secondary N) is 1. The summed E-state index contributed by atoms with van der Waals surface area (Å²) >= 11 is 0. The Hall–Kier alpha value is -0.830. The quantitative estimate of drug-likeness (QED) is 0.769. The molecule has 104 valence electrons. The highest BCUT2D eigenvalue weighted by Crippen LogP contribution is 2.13. The van der Waals surface area contributed by atoms with Crippen molar-refractivity contribution in [3.8, 4) is 0 Å². The molecule has 0 radical (unpaired) electrons. The molecule has 1 atom stereocenters. The van der Waals surface area contributed by atoms with E-state index in [-0.39, 0.29) is 0 Å². The van der Waals surface area contributed by atoms with Gasteiger partial charge in [0.05, 0.1) is 5.69 Å². The third-order valence-corrected chi connectivity index (χ3v) is 3.56. The minimum Gasteiger partial charge on any atom is -0.314 e. The van der Waals surface area contributed by atoms with Crippen molar-refractivity contribution < 1.29 is 0 Å². The minimum atomic E-state index is 0.611. The monoisotopic (exact) mass is 251 g/mol. The van der Waals surface area contributed by atoms with Gasteiger partial charge in [0.15, 0.2) is 0 Å². The Morgan fingerprint density at radius 3 is 2.50 bits per heavy atom. The minimum absolute atomic E-state index is 0.611. The van der Waals surface area contributed by atoms with E-state index in [2.05, 4.69) is 55.8 Å². The summed E-state index contributed by atoms with van der Waals surface area (Å²) in [6, 6.07) is 2.88. The average molecular weight is 251 g/mol. The molecular weight excluding hydrogens is 222 g/mol. The molecule has 0 aliphatic heterocycles. The molecule has 0 aliphatic rings. The molecule has 1 N–H and O–H groups in total. The molecule has 0 spiro atoms. The average Bonchev–Trinajstić information content (AvgIpc) is 2.76. The smallest absolute Gasteiger partial charge is 0.0624 e. The molecule has 1 aromatic heterocycles. The molecule has 1 rings (SSSR count).